The third-order valence-electron chi connectivity index (χ3n) is 7.12. The molecule has 1 amide bonds. The number of carbonyl (C=O) groups is 2. The second-order valence-corrected chi connectivity index (χ2v) is 11.8. The predicted octanol–water partition coefficient (Wildman–Crippen LogP) is 4.77. The number of hydrogen-bond acceptors (Lipinski definition) is 8. The summed E-state index contributed by atoms with van der Waals surface area (Å²) in [6, 6.07) is 18.1. The first-order chi connectivity index (χ1) is 20.3. The maximum absolute atomic E-state index is 13.7. The zero-order chi connectivity index (χ0) is 29.7. The minimum absolute atomic E-state index is 0.0103. The summed E-state index contributed by atoms with van der Waals surface area (Å²) in [5, 5.41) is 3.44. The fourth-order valence-corrected chi connectivity index (χ4v) is 6.06. The first kappa shape index (κ1) is 29.2. The topological polar surface area (TPSA) is 131 Å². The molecule has 2 aromatic heterocycles. The summed E-state index contributed by atoms with van der Waals surface area (Å²) >= 11 is 0. The second kappa shape index (κ2) is 12.7. The lowest BCUT2D eigenvalue weighted by Gasteiger charge is -2.30. The highest BCUT2D eigenvalue weighted by Crippen LogP contribution is 2.29. The van der Waals surface area contributed by atoms with Crippen molar-refractivity contribution < 1.29 is 22.7 Å². The summed E-state index contributed by atoms with van der Waals surface area (Å²) in [6.45, 7) is 6.28. The van der Waals surface area contributed by atoms with Gasteiger partial charge in [-0.15, -0.1) is 0 Å². The van der Waals surface area contributed by atoms with Crippen molar-refractivity contribution in [3.8, 4) is 0 Å². The van der Waals surface area contributed by atoms with E-state index in [4.69, 9.17) is 9.72 Å². The van der Waals surface area contributed by atoms with Crippen LogP contribution in [-0.4, -0.2) is 54.4 Å². The number of nitrogens with one attached hydrogen (secondary N) is 2. The van der Waals surface area contributed by atoms with E-state index in [1.807, 2.05) is 24.3 Å². The van der Waals surface area contributed by atoms with Gasteiger partial charge in [0.25, 0.3) is 15.9 Å². The Balaban J connectivity index is 1.32. The van der Waals surface area contributed by atoms with E-state index in [0.29, 0.717) is 23.2 Å². The average molecular weight is 588 g/mol. The molecular formula is C31H33N5O5S. The number of esters is 1. The Morgan fingerprint density at radius 2 is 1.79 bits per heavy atom. The number of hydrogen-bond donors (Lipinski definition) is 2. The van der Waals surface area contributed by atoms with Gasteiger partial charge in [-0.2, -0.15) is 0 Å². The van der Waals surface area contributed by atoms with Crippen molar-refractivity contribution in [3.63, 3.8) is 0 Å². The van der Waals surface area contributed by atoms with Gasteiger partial charge >= 0.3 is 5.97 Å². The van der Waals surface area contributed by atoms with Crippen molar-refractivity contribution in [2.24, 2.45) is 0 Å². The molecule has 0 saturated carbocycles. The Morgan fingerprint density at radius 1 is 1.02 bits per heavy atom. The number of aromatic nitrogens is 2. The lowest BCUT2D eigenvalue weighted by molar-refractivity contribution is -0.124. The second-order valence-electron chi connectivity index (χ2n) is 10.1. The van der Waals surface area contributed by atoms with Gasteiger partial charge in [0.05, 0.1) is 16.0 Å². The van der Waals surface area contributed by atoms with E-state index < -0.39 is 28.0 Å². The quantitative estimate of drug-likeness (QED) is 0.254. The van der Waals surface area contributed by atoms with E-state index in [-0.39, 0.29) is 17.1 Å². The van der Waals surface area contributed by atoms with Crippen LogP contribution in [0.3, 0.4) is 0 Å². The molecule has 10 nitrogen and oxygen atoms in total. The molecule has 0 aliphatic carbocycles. The van der Waals surface area contributed by atoms with E-state index in [2.05, 4.69) is 26.8 Å². The highest BCUT2D eigenvalue weighted by Gasteiger charge is 2.29. The number of ether oxygens (including phenoxy) is 1. The number of para-hydroxylation sites is 1. The van der Waals surface area contributed by atoms with Gasteiger partial charge in [0.2, 0.25) is 0 Å². The molecule has 218 valence electrons. The molecule has 2 N–H and O–H groups in total. The van der Waals surface area contributed by atoms with E-state index in [1.165, 1.54) is 30.5 Å². The smallest absolute Gasteiger partial charge is 0.340 e. The average Bonchev–Trinajstić information content (AvgIpc) is 2.99. The molecule has 1 unspecified atom stereocenters. The number of pyridine rings is 2. The van der Waals surface area contributed by atoms with Crippen molar-refractivity contribution in [3.05, 3.63) is 89.7 Å². The minimum atomic E-state index is -3.86. The summed E-state index contributed by atoms with van der Waals surface area (Å²) in [4.78, 5) is 38.0. The van der Waals surface area contributed by atoms with Gasteiger partial charge in [-0.25, -0.2) is 18.2 Å². The highest BCUT2D eigenvalue weighted by atomic mass is 32.2. The summed E-state index contributed by atoms with van der Waals surface area (Å²) in [5.74, 6) is -0.871. The molecule has 1 aliphatic heterocycles. The zero-order valence-electron chi connectivity index (χ0n) is 23.5. The number of benzene rings is 2. The molecule has 0 saturated heterocycles. The maximum Gasteiger partial charge on any atom is 0.340 e. The lowest BCUT2D eigenvalue weighted by Crippen LogP contribution is -2.35. The van der Waals surface area contributed by atoms with Crippen LogP contribution in [0.2, 0.25) is 0 Å². The number of fused-ring (bicyclic) bond motifs is 2. The van der Waals surface area contributed by atoms with Crippen LogP contribution >= 0.6 is 0 Å². The molecule has 0 bridgehead atoms. The Kier molecular flexibility index (Phi) is 8.79. The predicted molar refractivity (Wildman–Crippen MR) is 161 cm³/mol. The molecule has 2 aromatic carbocycles. The van der Waals surface area contributed by atoms with Gasteiger partial charge < -0.3 is 10.1 Å². The van der Waals surface area contributed by atoms with E-state index in [1.54, 1.807) is 25.1 Å². The van der Waals surface area contributed by atoms with Crippen molar-refractivity contribution in [1.29, 1.82) is 0 Å². The van der Waals surface area contributed by atoms with Crippen molar-refractivity contribution in [1.82, 2.24) is 14.9 Å². The fraction of sp³-hybridized carbons (Fsp3) is 0.290. The first-order valence-corrected chi connectivity index (χ1v) is 15.5. The van der Waals surface area contributed by atoms with Gasteiger partial charge in [-0.05, 0) is 61.9 Å². The first-order valence-electron chi connectivity index (χ1n) is 14.0. The SMILES string of the molecule is CCCN1CCc2nc3ccccc3c(C(=O)OC(CC)C(=O)Nc3ccc(S(=O)(=O)Nc4ccccn4)cc3)c2C1. The van der Waals surface area contributed by atoms with Gasteiger partial charge in [0.1, 0.15) is 5.82 Å². The molecule has 0 spiro atoms. The van der Waals surface area contributed by atoms with Crippen molar-refractivity contribution >= 4 is 44.3 Å². The monoisotopic (exact) mass is 587 g/mol. The van der Waals surface area contributed by atoms with Crippen LogP contribution < -0.4 is 10.0 Å². The molecule has 1 atom stereocenters. The number of sulfonamides is 1. The van der Waals surface area contributed by atoms with Crippen LogP contribution in [0.25, 0.3) is 10.9 Å². The van der Waals surface area contributed by atoms with E-state index in [0.717, 1.165) is 42.7 Å². The molecule has 5 rings (SSSR count). The van der Waals surface area contributed by atoms with Crippen LogP contribution in [0.15, 0.2) is 77.8 Å². The summed E-state index contributed by atoms with van der Waals surface area (Å²) in [6.07, 6.45) is 2.43. The largest absolute Gasteiger partial charge is 0.449 e. The van der Waals surface area contributed by atoms with Crippen LogP contribution in [0.1, 0.15) is 48.3 Å². The molecule has 1 aliphatic rings. The summed E-state index contributed by atoms with van der Waals surface area (Å²) in [5.41, 5.74) is 3.28. The molecule has 3 heterocycles. The minimum Gasteiger partial charge on any atom is -0.449 e. The third kappa shape index (κ3) is 6.42. The third-order valence-corrected chi connectivity index (χ3v) is 8.49. The molecule has 0 radical (unpaired) electrons. The number of nitrogens with zero attached hydrogens (tertiary/aromatic N) is 3. The Bertz CT molecular complexity index is 1690. The van der Waals surface area contributed by atoms with Gasteiger partial charge in [0.15, 0.2) is 6.10 Å². The number of carbonyl (C=O) groups excluding carboxylic acids is 2. The van der Waals surface area contributed by atoms with Crippen LogP contribution in [-0.2, 0) is 32.5 Å². The van der Waals surface area contributed by atoms with Gasteiger partial charge in [-0.3, -0.25) is 19.4 Å². The Hall–Kier alpha value is -4.35. The normalized spacial score (nSPS) is 14.1. The maximum atomic E-state index is 13.7. The number of anilines is 2. The molecule has 42 heavy (non-hydrogen) atoms. The van der Waals surface area contributed by atoms with Crippen LogP contribution in [0, 0.1) is 0 Å². The zero-order valence-corrected chi connectivity index (χ0v) is 24.4. The standard InChI is InChI=1S/C31H33N5O5S/c1-3-18-36-19-16-26-24(20-36)29(23-9-5-6-10-25(23)34-26)31(38)41-27(4-2)30(37)33-21-12-14-22(15-13-21)42(39,40)35-28-11-7-8-17-32-28/h5-15,17,27H,3-4,16,18-20H2,1-2H3,(H,32,35)(H,33,37). The van der Waals surface area contributed by atoms with Crippen molar-refractivity contribution in [2.75, 3.05) is 23.1 Å². The highest BCUT2D eigenvalue weighted by molar-refractivity contribution is 7.92. The molecule has 11 heteroatoms. The number of amides is 1. The van der Waals surface area contributed by atoms with Gasteiger partial charge in [0, 0.05) is 48.0 Å². The Morgan fingerprint density at radius 3 is 2.50 bits per heavy atom. The molecular weight excluding hydrogens is 554 g/mol. The van der Waals surface area contributed by atoms with Crippen LogP contribution in [0.5, 0.6) is 0 Å². The summed E-state index contributed by atoms with van der Waals surface area (Å²) in [7, 11) is -3.86. The molecule has 4 aromatic rings. The van der Waals surface area contributed by atoms with Crippen LogP contribution in [0.4, 0.5) is 11.5 Å². The van der Waals surface area contributed by atoms with Gasteiger partial charge in [-0.1, -0.05) is 38.1 Å². The van der Waals surface area contributed by atoms with Crippen molar-refractivity contribution in [2.45, 2.75) is 50.7 Å². The van der Waals surface area contributed by atoms with E-state index >= 15 is 0 Å². The van der Waals surface area contributed by atoms with E-state index in [9.17, 15) is 18.0 Å². The lowest BCUT2D eigenvalue weighted by atomic mass is 9.95. The number of rotatable bonds is 10. The molecule has 0 fully saturated rings. The fourth-order valence-electron chi connectivity index (χ4n) is 5.06. The summed E-state index contributed by atoms with van der Waals surface area (Å²) < 4.78 is 33.6. The Labute approximate surface area is 245 Å².